The molecule has 2 aromatic rings. The maximum absolute atomic E-state index is 14.0. The highest BCUT2D eigenvalue weighted by atomic mass is 16.5. The minimum atomic E-state index is -0.411. The lowest BCUT2D eigenvalue weighted by molar-refractivity contribution is -0.000452. The topological polar surface area (TPSA) is 100 Å². The third-order valence-electron chi connectivity index (χ3n) is 6.75. The number of hydrogen-bond donors (Lipinski definition) is 3. The summed E-state index contributed by atoms with van der Waals surface area (Å²) < 4.78 is 12.4. The molecule has 0 aliphatic carbocycles. The number of fused-ring (bicyclic) bond motifs is 1. The summed E-state index contributed by atoms with van der Waals surface area (Å²) in [6, 6.07) is 13.7. The second-order valence-electron chi connectivity index (χ2n) is 9.89. The van der Waals surface area contributed by atoms with E-state index >= 15 is 0 Å². The van der Waals surface area contributed by atoms with E-state index in [1.54, 1.807) is 47.4 Å². The summed E-state index contributed by atoms with van der Waals surface area (Å²) >= 11 is 0. The zero-order valence-corrected chi connectivity index (χ0v) is 22.4. The molecule has 3 rings (SSSR count). The van der Waals surface area contributed by atoms with Crippen LogP contribution in [0.3, 0.4) is 0 Å². The minimum absolute atomic E-state index is 0.0256. The molecule has 0 fully saturated rings. The Balaban J connectivity index is 1.97. The normalized spacial score (nSPS) is 22.4. The minimum Gasteiger partial charge on any atom is -0.490 e. The highest BCUT2D eigenvalue weighted by Gasteiger charge is 2.29. The highest BCUT2D eigenvalue weighted by molar-refractivity contribution is 6.05. The van der Waals surface area contributed by atoms with Gasteiger partial charge in [0.1, 0.15) is 5.75 Å². The fourth-order valence-corrected chi connectivity index (χ4v) is 4.48. The Morgan fingerprint density at radius 1 is 1.16 bits per heavy atom. The van der Waals surface area contributed by atoms with Crippen LogP contribution in [-0.4, -0.2) is 73.4 Å². The number of rotatable bonds is 6. The number of carbonyl (C=O) groups excluding carboxylic acids is 2. The van der Waals surface area contributed by atoms with Crippen molar-refractivity contribution in [1.82, 2.24) is 10.2 Å². The van der Waals surface area contributed by atoms with Crippen LogP contribution in [0.5, 0.6) is 5.75 Å². The first-order valence-corrected chi connectivity index (χ1v) is 13.2. The van der Waals surface area contributed by atoms with Crippen LogP contribution in [0.1, 0.15) is 60.7 Å². The summed E-state index contributed by atoms with van der Waals surface area (Å²) in [4.78, 5) is 28.4. The van der Waals surface area contributed by atoms with Gasteiger partial charge in [-0.05, 0) is 70.5 Å². The number of carbonyl (C=O) groups is 2. The standard InChI is InChI=1S/C29H41N3O5/c1-20-18-32(21(2)19-33)29(35)25-16-24(31-28(34)23-11-6-5-7-12-23)13-14-26(25)37-22(3)10-8-9-15-36-27(20)17-30-4/h5-7,11-14,16,20-22,27,30,33H,8-10,15,17-19H2,1-4H3,(H,31,34)/t20-,21+,22+,27+/m1/s1. The van der Waals surface area contributed by atoms with Crippen molar-refractivity contribution in [3.63, 3.8) is 0 Å². The van der Waals surface area contributed by atoms with Gasteiger partial charge >= 0.3 is 0 Å². The van der Waals surface area contributed by atoms with E-state index in [0.29, 0.717) is 42.3 Å². The lowest BCUT2D eigenvalue weighted by atomic mass is 10.0. The van der Waals surface area contributed by atoms with Gasteiger partial charge in [-0.3, -0.25) is 9.59 Å². The second-order valence-corrected chi connectivity index (χ2v) is 9.89. The summed E-state index contributed by atoms with van der Waals surface area (Å²) in [6.07, 6.45) is 2.53. The van der Waals surface area contributed by atoms with Crippen LogP contribution in [0.25, 0.3) is 0 Å². The molecule has 4 atom stereocenters. The molecule has 1 heterocycles. The Kier molecular flexibility index (Phi) is 10.9. The van der Waals surface area contributed by atoms with Gasteiger partial charge in [-0.2, -0.15) is 0 Å². The van der Waals surface area contributed by atoms with E-state index in [0.717, 1.165) is 19.3 Å². The van der Waals surface area contributed by atoms with Crippen LogP contribution in [0.4, 0.5) is 5.69 Å². The first kappa shape index (κ1) is 28.6. The van der Waals surface area contributed by atoms with Gasteiger partial charge in [0.05, 0.1) is 30.4 Å². The molecule has 0 spiro atoms. The molecule has 0 unspecified atom stereocenters. The number of aliphatic hydroxyl groups is 1. The fraction of sp³-hybridized carbons (Fsp3) is 0.517. The smallest absolute Gasteiger partial charge is 0.258 e. The Labute approximate surface area is 220 Å². The summed E-state index contributed by atoms with van der Waals surface area (Å²) in [6.45, 7) is 7.43. The van der Waals surface area contributed by atoms with Gasteiger partial charge in [-0.1, -0.05) is 25.1 Å². The molecule has 202 valence electrons. The number of aliphatic hydroxyl groups excluding tert-OH is 1. The lowest BCUT2D eigenvalue weighted by Gasteiger charge is -2.34. The number of nitrogens with zero attached hydrogens (tertiary/aromatic N) is 1. The molecule has 3 N–H and O–H groups in total. The van der Waals surface area contributed by atoms with Crippen molar-refractivity contribution in [1.29, 1.82) is 0 Å². The largest absolute Gasteiger partial charge is 0.490 e. The molecule has 2 aromatic carbocycles. The molecular weight excluding hydrogens is 470 g/mol. The highest BCUT2D eigenvalue weighted by Crippen LogP contribution is 2.28. The van der Waals surface area contributed by atoms with Gasteiger partial charge < -0.3 is 30.1 Å². The zero-order chi connectivity index (χ0) is 26.8. The summed E-state index contributed by atoms with van der Waals surface area (Å²) in [5, 5.41) is 16.1. The molecule has 37 heavy (non-hydrogen) atoms. The van der Waals surface area contributed by atoms with E-state index in [1.807, 2.05) is 27.0 Å². The molecule has 8 nitrogen and oxygen atoms in total. The van der Waals surface area contributed by atoms with Gasteiger partial charge in [0.2, 0.25) is 0 Å². The summed E-state index contributed by atoms with van der Waals surface area (Å²) in [7, 11) is 1.89. The fourth-order valence-electron chi connectivity index (χ4n) is 4.48. The van der Waals surface area contributed by atoms with Crippen molar-refractivity contribution in [3.05, 3.63) is 59.7 Å². The van der Waals surface area contributed by atoms with Crippen molar-refractivity contribution in [3.8, 4) is 5.75 Å². The first-order chi connectivity index (χ1) is 17.8. The third-order valence-corrected chi connectivity index (χ3v) is 6.75. The van der Waals surface area contributed by atoms with Gasteiger partial charge in [-0.15, -0.1) is 0 Å². The number of anilines is 1. The van der Waals surface area contributed by atoms with E-state index in [1.165, 1.54) is 0 Å². The first-order valence-electron chi connectivity index (χ1n) is 13.2. The molecular formula is C29H41N3O5. The van der Waals surface area contributed by atoms with E-state index in [4.69, 9.17) is 9.47 Å². The van der Waals surface area contributed by atoms with Crippen LogP contribution in [0.2, 0.25) is 0 Å². The lowest BCUT2D eigenvalue weighted by Crippen LogP contribution is -2.47. The van der Waals surface area contributed by atoms with Crippen molar-refractivity contribution < 1.29 is 24.2 Å². The molecule has 0 radical (unpaired) electrons. The number of likely N-dealkylation sites (N-methyl/N-ethyl adjacent to an activating group) is 1. The Morgan fingerprint density at radius 2 is 1.92 bits per heavy atom. The van der Waals surface area contributed by atoms with E-state index < -0.39 is 6.04 Å². The van der Waals surface area contributed by atoms with Crippen LogP contribution in [-0.2, 0) is 4.74 Å². The second kappa shape index (κ2) is 14.1. The molecule has 0 saturated carbocycles. The van der Waals surface area contributed by atoms with Gasteiger partial charge in [0.25, 0.3) is 11.8 Å². The monoisotopic (exact) mass is 511 g/mol. The number of ether oxygens (including phenoxy) is 2. The SMILES string of the molecule is CNC[C@@H]1OCCCC[C@H](C)Oc2ccc(NC(=O)c3ccccc3)cc2C(=O)N([C@@H](C)CO)C[C@H]1C. The van der Waals surface area contributed by atoms with Crippen molar-refractivity contribution in [2.45, 2.75) is 58.3 Å². The Morgan fingerprint density at radius 3 is 2.62 bits per heavy atom. The van der Waals surface area contributed by atoms with Crippen LogP contribution in [0, 0.1) is 5.92 Å². The number of nitrogens with one attached hydrogen (secondary N) is 2. The van der Waals surface area contributed by atoms with Gasteiger partial charge in [0.15, 0.2) is 0 Å². The van der Waals surface area contributed by atoms with Crippen LogP contribution in [0.15, 0.2) is 48.5 Å². The van der Waals surface area contributed by atoms with Crippen LogP contribution < -0.4 is 15.4 Å². The van der Waals surface area contributed by atoms with Crippen LogP contribution >= 0.6 is 0 Å². The van der Waals surface area contributed by atoms with E-state index in [2.05, 4.69) is 17.6 Å². The van der Waals surface area contributed by atoms with E-state index in [9.17, 15) is 14.7 Å². The molecule has 0 aromatic heterocycles. The van der Waals surface area contributed by atoms with Crippen molar-refractivity contribution >= 4 is 17.5 Å². The zero-order valence-electron chi connectivity index (χ0n) is 22.4. The third kappa shape index (κ3) is 8.02. The maximum atomic E-state index is 14.0. The Bertz CT molecular complexity index is 1020. The van der Waals surface area contributed by atoms with Gasteiger partial charge in [-0.25, -0.2) is 0 Å². The molecule has 1 aliphatic heterocycles. The van der Waals surface area contributed by atoms with Gasteiger partial charge in [0, 0.05) is 36.9 Å². The molecule has 0 bridgehead atoms. The summed E-state index contributed by atoms with van der Waals surface area (Å²) in [5.74, 6) is -0.0215. The number of hydrogen-bond acceptors (Lipinski definition) is 6. The molecule has 2 amide bonds. The number of amides is 2. The molecule has 8 heteroatoms. The van der Waals surface area contributed by atoms with E-state index in [-0.39, 0.29) is 36.5 Å². The average molecular weight is 512 g/mol. The van der Waals surface area contributed by atoms with Crippen molar-refractivity contribution in [2.75, 3.05) is 38.7 Å². The predicted octanol–water partition coefficient (Wildman–Crippen LogP) is 3.95. The predicted molar refractivity (Wildman–Crippen MR) is 145 cm³/mol. The summed E-state index contributed by atoms with van der Waals surface area (Å²) in [5.41, 5.74) is 1.38. The molecule has 1 aliphatic rings. The quantitative estimate of drug-likeness (QED) is 0.543. The maximum Gasteiger partial charge on any atom is 0.258 e. The average Bonchev–Trinajstić information content (AvgIpc) is 2.90. The van der Waals surface area contributed by atoms with Crippen molar-refractivity contribution in [2.24, 2.45) is 5.92 Å². The Hall–Kier alpha value is -2.94. The number of benzene rings is 2. The molecule has 0 saturated heterocycles.